The number of carbonyl (C=O) groups excluding carboxylic acids is 2. The lowest BCUT2D eigenvalue weighted by Crippen LogP contribution is -2.57. The monoisotopic (exact) mass is 531 g/mol. The van der Waals surface area contributed by atoms with Crippen molar-refractivity contribution >= 4 is 12.0 Å². The van der Waals surface area contributed by atoms with Gasteiger partial charge in [-0.15, -0.1) is 0 Å². The van der Waals surface area contributed by atoms with E-state index in [0.29, 0.717) is 6.61 Å². The number of rotatable bonds is 11. The van der Waals surface area contributed by atoms with Gasteiger partial charge in [-0.1, -0.05) is 84.9 Å². The molecular weight excluding hydrogens is 494 g/mol. The number of benzene rings is 3. The number of hydrogen-bond acceptors (Lipinski definition) is 6. The summed E-state index contributed by atoms with van der Waals surface area (Å²) < 4.78 is 17.3. The second-order valence-corrected chi connectivity index (χ2v) is 10.4. The second kappa shape index (κ2) is 12.1. The van der Waals surface area contributed by atoms with Gasteiger partial charge >= 0.3 is 6.09 Å². The van der Waals surface area contributed by atoms with Crippen LogP contribution < -0.4 is 0 Å². The van der Waals surface area contributed by atoms with Crippen LogP contribution in [0.5, 0.6) is 0 Å². The summed E-state index contributed by atoms with van der Waals surface area (Å²) in [4.78, 5) is 28.4. The first-order valence-electron chi connectivity index (χ1n) is 13.3. The number of ether oxygens (including phenoxy) is 3. The average Bonchev–Trinajstić information content (AvgIpc) is 3.20. The van der Waals surface area contributed by atoms with E-state index >= 15 is 0 Å². The molecule has 7 nitrogen and oxygen atoms in total. The van der Waals surface area contributed by atoms with Crippen LogP contribution in [-0.2, 0) is 25.6 Å². The van der Waals surface area contributed by atoms with Crippen molar-refractivity contribution in [1.29, 1.82) is 0 Å². The van der Waals surface area contributed by atoms with Crippen molar-refractivity contribution in [2.75, 3.05) is 13.2 Å². The molecule has 0 unspecified atom stereocenters. The topological polar surface area (TPSA) is 85.3 Å². The standard InChI is InChI=1S/C32H37NO6/c1-5-37-21-20-27(34)32(4,38-22-23-16-18-25(19-17-23)24-12-8-6-9-13-24)29(35)33-28(26-14-10-7-11-15-26)31(2,3)39-30(33)36/h6-19,27-28,34H,5,20-22H2,1-4H3/t27-,28-,32-/m0/s1. The molecule has 0 aromatic heterocycles. The van der Waals surface area contributed by atoms with Gasteiger partial charge in [-0.2, -0.15) is 0 Å². The number of nitrogens with zero attached hydrogens (tertiary/aromatic N) is 1. The van der Waals surface area contributed by atoms with E-state index in [1.165, 1.54) is 6.92 Å². The summed E-state index contributed by atoms with van der Waals surface area (Å²) in [6, 6.07) is 26.4. The summed E-state index contributed by atoms with van der Waals surface area (Å²) in [5, 5.41) is 11.3. The van der Waals surface area contributed by atoms with E-state index < -0.39 is 35.3 Å². The zero-order valence-corrected chi connectivity index (χ0v) is 23.0. The molecule has 0 bridgehead atoms. The molecule has 1 aliphatic heterocycles. The summed E-state index contributed by atoms with van der Waals surface area (Å²) in [6.07, 6.45) is -1.84. The van der Waals surface area contributed by atoms with Crippen LogP contribution in [-0.4, -0.2) is 52.5 Å². The largest absolute Gasteiger partial charge is 0.440 e. The van der Waals surface area contributed by atoms with E-state index in [1.54, 1.807) is 13.8 Å². The van der Waals surface area contributed by atoms with Crippen LogP contribution >= 0.6 is 0 Å². The van der Waals surface area contributed by atoms with Gasteiger partial charge in [0.05, 0.1) is 12.7 Å². The molecule has 1 fully saturated rings. The fraction of sp³-hybridized carbons (Fsp3) is 0.375. The number of aliphatic hydroxyl groups excluding tert-OH is 1. The second-order valence-electron chi connectivity index (χ2n) is 10.4. The van der Waals surface area contributed by atoms with E-state index in [-0.39, 0.29) is 19.6 Å². The van der Waals surface area contributed by atoms with Crippen molar-refractivity contribution < 1.29 is 28.9 Å². The number of amides is 2. The minimum Gasteiger partial charge on any atom is -0.440 e. The molecule has 2 amide bonds. The number of carbonyl (C=O) groups is 2. The molecule has 39 heavy (non-hydrogen) atoms. The third kappa shape index (κ3) is 6.22. The van der Waals surface area contributed by atoms with Gasteiger partial charge < -0.3 is 19.3 Å². The average molecular weight is 532 g/mol. The highest BCUT2D eigenvalue weighted by Crippen LogP contribution is 2.43. The number of imide groups is 1. The molecule has 3 atom stereocenters. The molecule has 1 N–H and O–H groups in total. The van der Waals surface area contributed by atoms with Gasteiger partial charge in [-0.25, -0.2) is 9.69 Å². The molecule has 7 heteroatoms. The smallest absolute Gasteiger partial charge is 0.417 e. The third-order valence-corrected chi connectivity index (χ3v) is 7.20. The molecular formula is C32H37NO6. The van der Waals surface area contributed by atoms with E-state index in [4.69, 9.17) is 14.2 Å². The Bertz CT molecular complexity index is 1240. The van der Waals surface area contributed by atoms with Crippen molar-refractivity contribution in [2.24, 2.45) is 0 Å². The Hall–Kier alpha value is -3.52. The van der Waals surface area contributed by atoms with Crippen LogP contribution in [0.15, 0.2) is 84.9 Å². The van der Waals surface area contributed by atoms with Gasteiger partial charge in [-0.3, -0.25) is 4.79 Å². The number of cyclic esters (lactones) is 1. The van der Waals surface area contributed by atoms with E-state index in [2.05, 4.69) is 0 Å². The Morgan fingerprint density at radius 1 is 1.00 bits per heavy atom. The van der Waals surface area contributed by atoms with Crippen molar-refractivity contribution in [1.82, 2.24) is 4.90 Å². The predicted octanol–water partition coefficient (Wildman–Crippen LogP) is 5.92. The fourth-order valence-electron chi connectivity index (χ4n) is 4.94. The first kappa shape index (κ1) is 28.5. The zero-order valence-electron chi connectivity index (χ0n) is 23.0. The highest BCUT2D eigenvalue weighted by Gasteiger charge is 2.57. The van der Waals surface area contributed by atoms with Crippen molar-refractivity contribution in [3.63, 3.8) is 0 Å². The summed E-state index contributed by atoms with van der Waals surface area (Å²) >= 11 is 0. The van der Waals surface area contributed by atoms with Crippen LogP contribution in [0.3, 0.4) is 0 Å². The minimum absolute atomic E-state index is 0.0608. The summed E-state index contributed by atoms with van der Waals surface area (Å²) in [6.45, 7) is 7.72. The third-order valence-electron chi connectivity index (χ3n) is 7.20. The van der Waals surface area contributed by atoms with E-state index in [0.717, 1.165) is 27.2 Å². The Kier molecular flexibility index (Phi) is 8.85. The number of hydrogen-bond donors (Lipinski definition) is 1. The summed E-state index contributed by atoms with van der Waals surface area (Å²) in [5.74, 6) is -0.656. The Morgan fingerprint density at radius 3 is 2.21 bits per heavy atom. The molecule has 0 saturated carbocycles. The zero-order chi connectivity index (χ0) is 28.0. The molecule has 3 aromatic rings. The highest BCUT2D eigenvalue weighted by atomic mass is 16.6. The van der Waals surface area contributed by atoms with E-state index in [1.807, 2.05) is 91.9 Å². The molecule has 1 saturated heterocycles. The Labute approximate surface area is 230 Å². The van der Waals surface area contributed by atoms with E-state index in [9.17, 15) is 14.7 Å². The molecule has 3 aromatic carbocycles. The first-order valence-corrected chi connectivity index (χ1v) is 13.3. The lowest BCUT2D eigenvalue weighted by Gasteiger charge is -2.37. The Morgan fingerprint density at radius 2 is 1.59 bits per heavy atom. The molecule has 0 aliphatic carbocycles. The van der Waals surface area contributed by atoms with Crippen LogP contribution in [0.2, 0.25) is 0 Å². The molecule has 206 valence electrons. The summed E-state index contributed by atoms with van der Waals surface area (Å²) in [5.41, 5.74) is 1.03. The van der Waals surface area contributed by atoms with Gasteiger partial charge in [0.1, 0.15) is 11.6 Å². The predicted molar refractivity (Wildman–Crippen MR) is 149 cm³/mol. The first-order chi connectivity index (χ1) is 18.7. The molecule has 1 heterocycles. The lowest BCUT2D eigenvalue weighted by molar-refractivity contribution is -0.175. The quantitative estimate of drug-likeness (QED) is 0.310. The molecule has 1 aliphatic rings. The Balaban J connectivity index is 1.61. The van der Waals surface area contributed by atoms with Crippen LogP contribution in [0.4, 0.5) is 4.79 Å². The van der Waals surface area contributed by atoms with Gasteiger partial charge in [-0.05, 0) is 49.9 Å². The van der Waals surface area contributed by atoms with Crippen molar-refractivity contribution in [3.05, 3.63) is 96.1 Å². The molecule has 0 spiro atoms. The summed E-state index contributed by atoms with van der Waals surface area (Å²) in [7, 11) is 0. The van der Waals surface area contributed by atoms with Gasteiger partial charge in [0.25, 0.3) is 5.91 Å². The van der Waals surface area contributed by atoms with Crippen molar-refractivity contribution in [2.45, 2.75) is 64.1 Å². The van der Waals surface area contributed by atoms with Crippen LogP contribution in [0.1, 0.15) is 51.3 Å². The normalized spacial score (nSPS) is 18.8. The van der Waals surface area contributed by atoms with Crippen LogP contribution in [0, 0.1) is 0 Å². The van der Waals surface area contributed by atoms with Crippen LogP contribution in [0.25, 0.3) is 11.1 Å². The molecule has 0 radical (unpaired) electrons. The maximum Gasteiger partial charge on any atom is 0.417 e. The van der Waals surface area contributed by atoms with Gasteiger partial charge in [0, 0.05) is 19.6 Å². The number of aliphatic hydroxyl groups is 1. The highest BCUT2D eigenvalue weighted by molar-refractivity contribution is 5.99. The van der Waals surface area contributed by atoms with Gasteiger partial charge in [0.2, 0.25) is 0 Å². The maximum absolute atomic E-state index is 14.2. The minimum atomic E-state index is -1.73. The van der Waals surface area contributed by atoms with Gasteiger partial charge in [0.15, 0.2) is 5.60 Å². The SMILES string of the molecule is CCOCC[C@H](O)[C@](C)(OCc1ccc(-c2ccccc2)cc1)C(=O)N1C(=O)OC(C)(C)[C@@H]1c1ccccc1. The lowest BCUT2D eigenvalue weighted by atomic mass is 9.88. The van der Waals surface area contributed by atoms with Crippen molar-refractivity contribution in [3.8, 4) is 11.1 Å². The molecule has 4 rings (SSSR count). The fourth-order valence-corrected chi connectivity index (χ4v) is 4.94. The maximum atomic E-state index is 14.2.